The Bertz CT molecular complexity index is 373. The first-order valence-electron chi connectivity index (χ1n) is 4.18. The van der Waals surface area contributed by atoms with Gasteiger partial charge < -0.3 is 10.5 Å². The molecule has 0 radical (unpaired) electrons. The molecular formula is C9H10BrFN2O2. The SMILES string of the molecule is COC(=O)C[C@@H](N)c1ncc(Br)cc1F. The zero-order valence-corrected chi connectivity index (χ0v) is 9.62. The second kappa shape index (κ2) is 5.18. The lowest BCUT2D eigenvalue weighted by Gasteiger charge is -2.10. The molecule has 2 N–H and O–H groups in total. The number of rotatable bonds is 3. The van der Waals surface area contributed by atoms with Crippen LogP contribution in [0.2, 0.25) is 0 Å². The number of pyridine rings is 1. The molecule has 0 aliphatic heterocycles. The molecule has 1 atom stereocenters. The topological polar surface area (TPSA) is 65.2 Å². The highest BCUT2D eigenvalue weighted by molar-refractivity contribution is 9.10. The second-order valence-electron chi connectivity index (χ2n) is 2.91. The molecule has 0 bridgehead atoms. The first-order valence-corrected chi connectivity index (χ1v) is 4.97. The number of carbonyl (C=O) groups is 1. The summed E-state index contributed by atoms with van der Waals surface area (Å²) >= 11 is 3.07. The van der Waals surface area contributed by atoms with Crippen molar-refractivity contribution < 1.29 is 13.9 Å². The van der Waals surface area contributed by atoms with Crippen molar-refractivity contribution in [2.75, 3.05) is 7.11 Å². The standard InChI is InChI=1S/C9H10BrFN2O2/c1-15-8(14)3-7(12)9-6(11)2-5(10)4-13-9/h2,4,7H,3,12H2,1H3/t7-/m1/s1. The van der Waals surface area contributed by atoms with E-state index in [0.717, 1.165) is 0 Å². The van der Waals surface area contributed by atoms with Gasteiger partial charge in [-0.05, 0) is 22.0 Å². The Kier molecular flexibility index (Phi) is 4.16. The third-order valence-corrected chi connectivity index (χ3v) is 2.24. The van der Waals surface area contributed by atoms with E-state index in [2.05, 4.69) is 25.7 Å². The average Bonchev–Trinajstić information content (AvgIpc) is 2.17. The summed E-state index contributed by atoms with van der Waals surface area (Å²) in [5, 5.41) is 0. The normalized spacial score (nSPS) is 12.3. The largest absolute Gasteiger partial charge is 0.469 e. The summed E-state index contributed by atoms with van der Waals surface area (Å²) in [4.78, 5) is 14.7. The lowest BCUT2D eigenvalue weighted by molar-refractivity contribution is -0.141. The van der Waals surface area contributed by atoms with Crippen molar-refractivity contribution in [2.24, 2.45) is 5.73 Å². The summed E-state index contributed by atoms with van der Waals surface area (Å²) < 4.78 is 18.3. The number of aromatic nitrogens is 1. The summed E-state index contributed by atoms with van der Waals surface area (Å²) in [5.74, 6) is -1.03. The predicted molar refractivity (Wildman–Crippen MR) is 55.5 cm³/mol. The number of hydrogen-bond donors (Lipinski definition) is 1. The summed E-state index contributed by atoms with van der Waals surface area (Å²) in [6.45, 7) is 0. The van der Waals surface area contributed by atoms with E-state index in [-0.39, 0.29) is 12.1 Å². The van der Waals surface area contributed by atoms with E-state index in [0.29, 0.717) is 4.47 Å². The molecule has 82 valence electrons. The average molecular weight is 277 g/mol. The van der Waals surface area contributed by atoms with Gasteiger partial charge in [-0.2, -0.15) is 0 Å². The predicted octanol–water partition coefficient (Wildman–Crippen LogP) is 1.55. The first kappa shape index (κ1) is 12.1. The van der Waals surface area contributed by atoms with Crippen LogP contribution in [0.15, 0.2) is 16.7 Å². The van der Waals surface area contributed by atoms with Gasteiger partial charge in [0.25, 0.3) is 0 Å². The Morgan fingerprint density at radius 3 is 3.00 bits per heavy atom. The number of halogens is 2. The van der Waals surface area contributed by atoms with Crippen molar-refractivity contribution in [3.05, 3.63) is 28.2 Å². The molecule has 1 aromatic heterocycles. The van der Waals surface area contributed by atoms with Crippen LogP contribution in [-0.4, -0.2) is 18.1 Å². The smallest absolute Gasteiger partial charge is 0.307 e. The highest BCUT2D eigenvalue weighted by atomic mass is 79.9. The third kappa shape index (κ3) is 3.24. The van der Waals surface area contributed by atoms with Crippen LogP contribution in [0.5, 0.6) is 0 Å². The molecule has 1 rings (SSSR count). The maximum Gasteiger partial charge on any atom is 0.307 e. The van der Waals surface area contributed by atoms with E-state index in [1.807, 2.05) is 0 Å². The molecule has 1 heterocycles. The fourth-order valence-electron chi connectivity index (χ4n) is 1.06. The van der Waals surface area contributed by atoms with Gasteiger partial charge in [-0.3, -0.25) is 9.78 Å². The van der Waals surface area contributed by atoms with Gasteiger partial charge in [-0.15, -0.1) is 0 Å². The molecule has 0 saturated carbocycles. The Morgan fingerprint density at radius 1 is 1.80 bits per heavy atom. The number of ether oxygens (including phenoxy) is 1. The van der Waals surface area contributed by atoms with Gasteiger partial charge in [0.15, 0.2) is 0 Å². The maximum absolute atomic E-state index is 13.3. The third-order valence-electron chi connectivity index (χ3n) is 1.80. The molecule has 0 spiro atoms. The monoisotopic (exact) mass is 276 g/mol. The van der Waals surface area contributed by atoms with Gasteiger partial charge in [-0.1, -0.05) is 0 Å². The van der Waals surface area contributed by atoms with Crippen molar-refractivity contribution in [1.82, 2.24) is 4.98 Å². The van der Waals surface area contributed by atoms with Crippen LogP contribution in [-0.2, 0) is 9.53 Å². The number of nitrogens with two attached hydrogens (primary N) is 1. The number of nitrogens with zero attached hydrogens (tertiary/aromatic N) is 1. The number of carbonyl (C=O) groups excluding carboxylic acids is 1. The maximum atomic E-state index is 13.3. The van der Waals surface area contributed by atoms with Crippen LogP contribution in [0.4, 0.5) is 4.39 Å². The van der Waals surface area contributed by atoms with Crippen molar-refractivity contribution in [1.29, 1.82) is 0 Å². The molecule has 15 heavy (non-hydrogen) atoms. The van der Waals surface area contributed by atoms with Gasteiger partial charge in [0, 0.05) is 10.7 Å². The zero-order valence-electron chi connectivity index (χ0n) is 8.04. The van der Waals surface area contributed by atoms with Gasteiger partial charge in [0.05, 0.1) is 25.3 Å². The lowest BCUT2D eigenvalue weighted by Crippen LogP contribution is -2.18. The number of esters is 1. The van der Waals surface area contributed by atoms with E-state index in [4.69, 9.17) is 5.73 Å². The van der Waals surface area contributed by atoms with Crippen LogP contribution in [0, 0.1) is 5.82 Å². The summed E-state index contributed by atoms with van der Waals surface area (Å²) in [6.07, 6.45) is 1.33. The summed E-state index contributed by atoms with van der Waals surface area (Å²) in [5.41, 5.74) is 5.66. The quantitative estimate of drug-likeness (QED) is 0.851. The Labute approximate surface area is 94.8 Å². The van der Waals surface area contributed by atoms with Crippen LogP contribution >= 0.6 is 15.9 Å². The fraction of sp³-hybridized carbons (Fsp3) is 0.333. The molecule has 0 aliphatic rings. The Hall–Kier alpha value is -1.01. The molecule has 0 unspecified atom stereocenters. The number of methoxy groups -OCH3 is 1. The van der Waals surface area contributed by atoms with E-state index >= 15 is 0 Å². The van der Waals surface area contributed by atoms with Crippen molar-refractivity contribution in [3.63, 3.8) is 0 Å². The number of hydrogen-bond acceptors (Lipinski definition) is 4. The molecule has 0 aromatic carbocycles. The van der Waals surface area contributed by atoms with Gasteiger partial charge in [0.1, 0.15) is 5.82 Å². The van der Waals surface area contributed by atoms with E-state index < -0.39 is 17.8 Å². The van der Waals surface area contributed by atoms with Crippen LogP contribution < -0.4 is 5.73 Å². The van der Waals surface area contributed by atoms with Crippen molar-refractivity contribution in [2.45, 2.75) is 12.5 Å². The van der Waals surface area contributed by atoms with E-state index in [1.54, 1.807) is 0 Å². The van der Waals surface area contributed by atoms with Crippen molar-refractivity contribution >= 4 is 21.9 Å². The highest BCUT2D eigenvalue weighted by Crippen LogP contribution is 2.19. The lowest BCUT2D eigenvalue weighted by atomic mass is 10.1. The fourth-order valence-corrected chi connectivity index (χ4v) is 1.36. The molecule has 0 saturated heterocycles. The molecule has 0 aliphatic carbocycles. The minimum Gasteiger partial charge on any atom is -0.469 e. The molecule has 4 nitrogen and oxygen atoms in total. The van der Waals surface area contributed by atoms with Gasteiger partial charge in [0.2, 0.25) is 0 Å². The van der Waals surface area contributed by atoms with Crippen LogP contribution in [0.25, 0.3) is 0 Å². The summed E-state index contributed by atoms with van der Waals surface area (Å²) in [6, 6.07) is 0.463. The Morgan fingerprint density at radius 2 is 2.47 bits per heavy atom. The highest BCUT2D eigenvalue weighted by Gasteiger charge is 2.17. The molecule has 6 heteroatoms. The molecule has 0 fully saturated rings. The minimum absolute atomic E-state index is 0.0589. The second-order valence-corrected chi connectivity index (χ2v) is 3.82. The summed E-state index contributed by atoms with van der Waals surface area (Å²) in [7, 11) is 1.25. The molecule has 1 aromatic rings. The van der Waals surface area contributed by atoms with Crippen molar-refractivity contribution in [3.8, 4) is 0 Å². The molecule has 0 amide bonds. The van der Waals surface area contributed by atoms with Crippen LogP contribution in [0.3, 0.4) is 0 Å². The van der Waals surface area contributed by atoms with Gasteiger partial charge in [-0.25, -0.2) is 4.39 Å². The minimum atomic E-state index is -0.787. The Balaban J connectivity index is 2.82. The van der Waals surface area contributed by atoms with E-state index in [1.165, 1.54) is 19.4 Å². The van der Waals surface area contributed by atoms with Crippen LogP contribution in [0.1, 0.15) is 18.2 Å². The van der Waals surface area contributed by atoms with Gasteiger partial charge >= 0.3 is 5.97 Å². The molecular weight excluding hydrogens is 267 g/mol. The zero-order chi connectivity index (χ0) is 11.4. The first-order chi connectivity index (χ1) is 7.04. The van der Waals surface area contributed by atoms with E-state index in [9.17, 15) is 9.18 Å².